The van der Waals surface area contributed by atoms with Crippen LogP contribution < -0.4 is 0 Å². The van der Waals surface area contributed by atoms with E-state index in [1.807, 2.05) is 47.0 Å². The van der Waals surface area contributed by atoms with Crippen LogP contribution in [0.4, 0.5) is 8.78 Å². The molecule has 2 saturated heterocycles. The monoisotopic (exact) mass is 436 g/mol. The number of aryl methyl sites for hydroxylation is 1. The van der Waals surface area contributed by atoms with Gasteiger partial charge in [-0.25, -0.2) is 18.3 Å². The molecule has 2 aliphatic rings. The van der Waals surface area contributed by atoms with E-state index in [2.05, 4.69) is 15.1 Å². The van der Waals surface area contributed by atoms with Gasteiger partial charge in [-0.05, 0) is 56.0 Å². The van der Waals surface area contributed by atoms with Gasteiger partial charge in [0, 0.05) is 47.7 Å². The van der Waals surface area contributed by atoms with Crippen molar-refractivity contribution in [3.05, 3.63) is 59.8 Å². The lowest BCUT2D eigenvalue weighted by atomic mass is 9.86. The quantitative estimate of drug-likeness (QED) is 0.485. The van der Waals surface area contributed by atoms with Crippen LogP contribution in [-0.2, 0) is 7.05 Å². The predicted octanol–water partition coefficient (Wildman–Crippen LogP) is 4.10. The third-order valence-corrected chi connectivity index (χ3v) is 7.09. The van der Waals surface area contributed by atoms with Gasteiger partial charge in [0.2, 0.25) is 0 Å². The van der Waals surface area contributed by atoms with Crippen molar-refractivity contribution in [2.24, 2.45) is 7.05 Å². The number of benzene rings is 1. The summed E-state index contributed by atoms with van der Waals surface area (Å²) in [6.45, 7) is 0. The molecule has 32 heavy (non-hydrogen) atoms. The van der Waals surface area contributed by atoms with Crippen molar-refractivity contribution in [1.82, 2.24) is 29.0 Å². The van der Waals surface area contributed by atoms with Gasteiger partial charge < -0.3 is 9.47 Å². The van der Waals surface area contributed by atoms with Crippen molar-refractivity contribution in [3.63, 3.8) is 0 Å². The number of piperidine rings is 1. The summed E-state index contributed by atoms with van der Waals surface area (Å²) in [6, 6.07) is 9.36. The lowest BCUT2D eigenvalue weighted by molar-refractivity contribution is 0.0554. The number of nitrogens with zero attached hydrogens (tertiary/aromatic N) is 6. The SMILES string of the molecule is Cn1ccc2cc(C(=O)N3[C@H]4CC[C@H](c5cc(C(F)F)nc6ncnn56)[C@@H]3CC4)ccc21. The van der Waals surface area contributed by atoms with E-state index in [4.69, 9.17) is 0 Å². The fraction of sp³-hybridized carbons (Fsp3) is 0.391. The Morgan fingerprint density at radius 2 is 1.97 bits per heavy atom. The largest absolute Gasteiger partial charge is 0.351 e. The van der Waals surface area contributed by atoms with Crippen molar-refractivity contribution in [2.45, 2.75) is 50.1 Å². The van der Waals surface area contributed by atoms with Crippen LogP contribution in [0.1, 0.15) is 59.8 Å². The summed E-state index contributed by atoms with van der Waals surface area (Å²) >= 11 is 0. The maximum Gasteiger partial charge on any atom is 0.280 e. The number of hydrogen-bond acceptors (Lipinski definition) is 4. The molecule has 1 aromatic carbocycles. The summed E-state index contributed by atoms with van der Waals surface area (Å²) < 4.78 is 30.6. The molecule has 3 aromatic heterocycles. The fourth-order valence-electron chi connectivity index (χ4n) is 5.61. The molecular weight excluding hydrogens is 414 g/mol. The van der Waals surface area contributed by atoms with Gasteiger partial charge in [0.05, 0.1) is 5.69 Å². The minimum Gasteiger partial charge on any atom is -0.351 e. The van der Waals surface area contributed by atoms with Crippen molar-refractivity contribution in [3.8, 4) is 0 Å². The van der Waals surface area contributed by atoms with Crippen molar-refractivity contribution in [2.75, 3.05) is 0 Å². The molecule has 0 radical (unpaired) electrons. The van der Waals surface area contributed by atoms with Crippen LogP contribution in [0.15, 0.2) is 42.9 Å². The van der Waals surface area contributed by atoms with Crippen LogP contribution in [0, 0.1) is 0 Å². The number of amides is 1. The summed E-state index contributed by atoms with van der Waals surface area (Å²) in [5, 5.41) is 5.26. The van der Waals surface area contributed by atoms with Gasteiger partial charge in [-0.15, -0.1) is 0 Å². The minimum atomic E-state index is -2.69. The first-order valence-electron chi connectivity index (χ1n) is 10.9. The van der Waals surface area contributed by atoms with Crippen LogP contribution >= 0.6 is 0 Å². The highest BCUT2D eigenvalue weighted by Gasteiger charge is 2.46. The normalized spacial score (nSPS) is 23.0. The molecule has 0 N–H and O–H groups in total. The van der Waals surface area contributed by atoms with Gasteiger partial charge in [-0.3, -0.25) is 4.79 Å². The average Bonchev–Trinajstić information content (AvgIpc) is 3.49. The topological polar surface area (TPSA) is 68.3 Å². The molecule has 9 heteroatoms. The van der Waals surface area contributed by atoms with E-state index in [0.29, 0.717) is 11.3 Å². The van der Waals surface area contributed by atoms with Gasteiger partial charge in [-0.2, -0.15) is 10.1 Å². The van der Waals surface area contributed by atoms with E-state index in [0.717, 1.165) is 36.6 Å². The molecule has 2 fully saturated rings. The van der Waals surface area contributed by atoms with Crippen LogP contribution in [0.2, 0.25) is 0 Å². The van der Waals surface area contributed by atoms with E-state index in [9.17, 15) is 13.6 Å². The molecular formula is C23H22F2N6O. The Bertz CT molecular complexity index is 1350. The van der Waals surface area contributed by atoms with Crippen LogP contribution in [-0.4, -0.2) is 47.0 Å². The molecule has 2 bridgehead atoms. The Kier molecular flexibility index (Phi) is 4.28. The first-order chi connectivity index (χ1) is 15.5. The molecule has 7 nitrogen and oxygen atoms in total. The Morgan fingerprint density at radius 1 is 1.12 bits per heavy atom. The first-order valence-corrected chi connectivity index (χ1v) is 10.9. The summed E-state index contributed by atoms with van der Waals surface area (Å²) in [6.07, 6.45) is 4.05. The minimum absolute atomic E-state index is 0.00549. The number of hydrogen-bond donors (Lipinski definition) is 0. The van der Waals surface area contributed by atoms with Gasteiger partial charge in [-0.1, -0.05) is 0 Å². The smallest absolute Gasteiger partial charge is 0.280 e. The van der Waals surface area contributed by atoms with Crippen molar-refractivity contribution >= 4 is 22.6 Å². The highest BCUT2D eigenvalue weighted by molar-refractivity contribution is 5.98. The number of aromatic nitrogens is 5. The third kappa shape index (κ3) is 2.83. The second-order valence-corrected chi connectivity index (χ2v) is 8.77. The molecule has 3 atom stereocenters. The van der Waals surface area contributed by atoms with Gasteiger partial charge in [0.1, 0.15) is 12.0 Å². The second kappa shape index (κ2) is 7.08. The number of carbonyl (C=O) groups is 1. The van der Waals surface area contributed by atoms with Crippen LogP contribution in [0.5, 0.6) is 0 Å². The molecule has 0 aliphatic carbocycles. The Labute approximate surface area is 182 Å². The zero-order chi connectivity index (χ0) is 22.0. The summed E-state index contributed by atoms with van der Waals surface area (Å²) in [5.41, 5.74) is 2.10. The molecule has 0 unspecified atom stereocenters. The van der Waals surface area contributed by atoms with Crippen molar-refractivity contribution in [1.29, 1.82) is 0 Å². The van der Waals surface area contributed by atoms with Gasteiger partial charge >= 0.3 is 0 Å². The lowest BCUT2D eigenvalue weighted by Gasteiger charge is -2.40. The van der Waals surface area contributed by atoms with E-state index in [1.54, 1.807) is 4.52 Å². The molecule has 6 rings (SSSR count). The summed E-state index contributed by atoms with van der Waals surface area (Å²) in [7, 11) is 1.98. The lowest BCUT2D eigenvalue weighted by Crippen LogP contribution is -2.47. The van der Waals surface area contributed by atoms with Gasteiger partial charge in [0.25, 0.3) is 18.1 Å². The fourth-order valence-corrected chi connectivity index (χ4v) is 5.61. The molecule has 164 valence electrons. The maximum atomic E-state index is 13.6. The molecule has 0 saturated carbocycles. The summed E-state index contributed by atoms with van der Waals surface area (Å²) in [5.74, 6) is 0.0825. The van der Waals surface area contributed by atoms with Crippen LogP contribution in [0.25, 0.3) is 16.7 Å². The third-order valence-electron chi connectivity index (χ3n) is 7.09. The average molecular weight is 436 g/mol. The summed E-state index contributed by atoms with van der Waals surface area (Å²) in [4.78, 5) is 23.6. The Hall–Kier alpha value is -3.36. The van der Waals surface area contributed by atoms with E-state index in [-0.39, 0.29) is 35.4 Å². The van der Waals surface area contributed by atoms with E-state index >= 15 is 0 Å². The molecule has 5 heterocycles. The van der Waals surface area contributed by atoms with Gasteiger partial charge in [0.15, 0.2) is 0 Å². The molecule has 1 amide bonds. The highest BCUT2D eigenvalue weighted by atomic mass is 19.3. The zero-order valence-electron chi connectivity index (χ0n) is 17.5. The number of carbonyl (C=O) groups excluding carboxylic acids is 1. The first kappa shape index (κ1) is 19.3. The van der Waals surface area contributed by atoms with E-state index < -0.39 is 6.43 Å². The second-order valence-electron chi connectivity index (χ2n) is 8.77. The zero-order valence-corrected chi connectivity index (χ0v) is 17.5. The molecule has 4 aromatic rings. The standard InChI is InChI=1S/C23H22F2N6O/c1-29-9-8-13-10-14(2-6-18(13)29)22(32)30-15-3-5-16(19(30)7-4-15)20-11-17(21(24)25)28-23-26-12-27-31(20)23/h2,6,8-12,15-16,19,21H,3-5,7H2,1H3/t15-,16-,19-/m0/s1. The number of rotatable bonds is 3. The van der Waals surface area contributed by atoms with Crippen LogP contribution in [0.3, 0.4) is 0 Å². The molecule has 2 aliphatic heterocycles. The van der Waals surface area contributed by atoms with E-state index in [1.165, 1.54) is 12.4 Å². The maximum absolute atomic E-state index is 13.6. The predicted molar refractivity (Wildman–Crippen MR) is 114 cm³/mol. The molecule has 0 spiro atoms. The van der Waals surface area contributed by atoms with Crippen molar-refractivity contribution < 1.29 is 13.6 Å². The highest BCUT2D eigenvalue weighted by Crippen LogP contribution is 2.45. The number of fused-ring (bicyclic) bond motifs is 4. The Morgan fingerprint density at radius 3 is 2.81 bits per heavy atom. The number of alkyl halides is 2. The Balaban J connectivity index is 1.39. The number of halogens is 2.